The van der Waals surface area contributed by atoms with E-state index in [9.17, 15) is 18.0 Å². The Labute approximate surface area is 86.1 Å². The van der Waals surface area contributed by atoms with Crippen LogP contribution >= 0.6 is 0 Å². The number of carbonyl (C=O) groups excluding carboxylic acids is 1. The second-order valence-corrected chi connectivity index (χ2v) is 2.93. The molecule has 0 bridgehead atoms. The molecule has 0 aliphatic rings. The lowest BCUT2D eigenvalue weighted by molar-refractivity contribution is -0.161. The first-order chi connectivity index (χ1) is 6.90. The summed E-state index contributed by atoms with van der Waals surface area (Å²) in [4.78, 5) is 11.8. The molecule has 0 atom stereocenters. The first-order valence-electron chi connectivity index (χ1n) is 4.56. The third-order valence-electron chi connectivity index (χ3n) is 1.62. The molecule has 0 radical (unpaired) electrons. The predicted octanol–water partition coefficient (Wildman–Crippen LogP) is -0.0209. The smallest absolute Gasteiger partial charge is 0.395 e. The summed E-state index contributed by atoms with van der Waals surface area (Å²) in [7, 11) is 0. The maximum absolute atomic E-state index is 12.0. The molecule has 0 heterocycles. The third-order valence-corrected chi connectivity index (χ3v) is 1.62. The zero-order chi connectivity index (χ0) is 11.9. The van der Waals surface area contributed by atoms with Gasteiger partial charge in [-0.1, -0.05) is 6.92 Å². The molecule has 4 nitrogen and oxygen atoms in total. The highest BCUT2D eigenvalue weighted by molar-refractivity contribution is 5.78. The quantitative estimate of drug-likeness (QED) is 0.671. The molecule has 7 heteroatoms. The summed E-state index contributed by atoms with van der Waals surface area (Å²) < 4.78 is 36.0. The Morgan fingerprint density at radius 2 is 2.07 bits per heavy atom. The summed E-state index contributed by atoms with van der Waals surface area (Å²) in [5.41, 5.74) is 0. The average molecular weight is 228 g/mol. The van der Waals surface area contributed by atoms with E-state index in [-0.39, 0.29) is 13.1 Å². The SMILES string of the molecule is CCNCC(=O)N(CCO)CC(F)(F)F. The molecule has 15 heavy (non-hydrogen) atoms. The Morgan fingerprint density at radius 3 is 2.47 bits per heavy atom. The normalized spacial score (nSPS) is 11.5. The second-order valence-electron chi connectivity index (χ2n) is 2.93. The summed E-state index contributed by atoms with van der Waals surface area (Å²) in [5, 5.41) is 11.2. The second kappa shape index (κ2) is 6.62. The number of aliphatic hydroxyl groups excluding tert-OH is 1. The van der Waals surface area contributed by atoms with Gasteiger partial charge >= 0.3 is 6.18 Å². The molecular formula is C8H15F3N2O2. The van der Waals surface area contributed by atoms with E-state index in [1.807, 2.05) is 0 Å². The van der Waals surface area contributed by atoms with Crippen molar-refractivity contribution in [2.45, 2.75) is 13.1 Å². The number of rotatable bonds is 6. The van der Waals surface area contributed by atoms with Crippen molar-refractivity contribution in [3.63, 3.8) is 0 Å². The van der Waals surface area contributed by atoms with Gasteiger partial charge in [-0.25, -0.2) is 0 Å². The Balaban J connectivity index is 4.18. The summed E-state index contributed by atoms with van der Waals surface area (Å²) in [6, 6.07) is 0. The lowest BCUT2D eigenvalue weighted by Crippen LogP contribution is -2.44. The van der Waals surface area contributed by atoms with Crippen LogP contribution in [0, 0.1) is 0 Å². The fourth-order valence-corrected chi connectivity index (χ4v) is 0.973. The highest BCUT2D eigenvalue weighted by Crippen LogP contribution is 2.16. The van der Waals surface area contributed by atoms with Crippen molar-refractivity contribution in [3.8, 4) is 0 Å². The van der Waals surface area contributed by atoms with Gasteiger partial charge in [0.1, 0.15) is 6.54 Å². The minimum atomic E-state index is -4.43. The van der Waals surface area contributed by atoms with Crippen LogP contribution < -0.4 is 5.32 Å². The summed E-state index contributed by atoms with van der Waals surface area (Å²) >= 11 is 0. The topological polar surface area (TPSA) is 52.6 Å². The van der Waals surface area contributed by atoms with Crippen LogP contribution in [0.2, 0.25) is 0 Å². The summed E-state index contributed by atoms with van der Waals surface area (Å²) in [6.45, 7) is 0.000193. The Hall–Kier alpha value is -0.820. The zero-order valence-electron chi connectivity index (χ0n) is 8.47. The van der Waals surface area contributed by atoms with Crippen LogP contribution in [0.1, 0.15) is 6.92 Å². The number of likely N-dealkylation sites (N-methyl/N-ethyl adjacent to an activating group) is 1. The van der Waals surface area contributed by atoms with E-state index in [4.69, 9.17) is 5.11 Å². The molecule has 0 saturated carbocycles. The maximum atomic E-state index is 12.0. The monoisotopic (exact) mass is 228 g/mol. The zero-order valence-corrected chi connectivity index (χ0v) is 8.47. The first kappa shape index (κ1) is 14.2. The number of halogens is 3. The van der Waals surface area contributed by atoms with Crippen LogP contribution in [0.25, 0.3) is 0 Å². The molecule has 0 aromatic heterocycles. The van der Waals surface area contributed by atoms with Crippen LogP contribution in [0.4, 0.5) is 13.2 Å². The number of nitrogens with one attached hydrogen (secondary N) is 1. The largest absolute Gasteiger partial charge is 0.406 e. The molecule has 0 unspecified atom stereocenters. The number of aliphatic hydroxyl groups is 1. The minimum absolute atomic E-state index is 0.146. The molecule has 0 spiro atoms. The Bertz CT molecular complexity index is 197. The first-order valence-corrected chi connectivity index (χ1v) is 4.56. The van der Waals surface area contributed by atoms with Crippen molar-refractivity contribution in [3.05, 3.63) is 0 Å². The number of alkyl halides is 3. The van der Waals surface area contributed by atoms with Crippen LogP contribution in [0.3, 0.4) is 0 Å². The van der Waals surface area contributed by atoms with Gasteiger partial charge in [0, 0.05) is 6.54 Å². The minimum Gasteiger partial charge on any atom is -0.395 e. The molecule has 0 aromatic carbocycles. The van der Waals surface area contributed by atoms with Crippen LogP contribution in [0.5, 0.6) is 0 Å². The van der Waals surface area contributed by atoms with Crippen molar-refractivity contribution in [2.24, 2.45) is 0 Å². The molecule has 0 aromatic rings. The van der Waals surface area contributed by atoms with Crippen LogP contribution in [-0.4, -0.2) is 54.9 Å². The highest BCUT2D eigenvalue weighted by atomic mass is 19.4. The van der Waals surface area contributed by atoms with E-state index in [1.54, 1.807) is 6.92 Å². The van der Waals surface area contributed by atoms with Crippen molar-refractivity contribution in [1.29, 1.82) is 0 Å². The number of hydrogen-bond donors (Lipinski definition) is 2. The van der Waals surface area contributed by atoms with E-state index in [0.717, 1.165) is 0 Å². The number of carbonyl (C=O) groups is 1. The molecule has 0 aliphatic carbocycles. The Kier molecular flexibility index (Phi) is 6.26. The average Bonchev–Trinajstić information content (AvgIpc) is 2.11. The van der Waals surface area contributed by atoms with Crippen molar-refractivity contribution >= 4 is 5.91 Å². The molecule has 90 valence electrons. The maximum Gasteiger partial charge on any atom is 0.406 e. The standard InChI is InChI=1S/C8H15F3N2O2/c1-2-12-5-7(15)13(3-4-14)6-8(9,10)11/h12,14H,2-6H2,1H3. The van der Waals surface area contributed by atoms with Gasteiger partial charge in [0.15, 0.2) is 0 Å². The molecule has 0 rings (SSSR count). The molecule has 1 amide bonds. The lowest BCUT2D eigenvalue weighted by Gasteiger charge is -2.23. The van der Waals surface area contributed by atoms with E-state index < -0.39 is 25.2 Å². The fraction of sp³-hybridized carbons (Fsp3) is 0.875. The van der Waals surface area contributed by atoms with E-state index in [2.05, 4.69) is 5.32 Å². The van der Waals surface area contributed by atoms with Gasteiger partial charge in [0.25, 0.3) is 0 Å². The van der Waals surface area contributed by atoms with E-state index in [0.29, 0.717) is 11.4 Å². The lowest BCUT2D eigenvalue weighted by atomic mass is 10.4. The van der Waals surface area contributed by atoms with Crippen LogP contribution in [-0.2, 0) is 4.79 Å². The van der Waals surface area contributed by atoms with Crippen molar-refractivity contribution in [1.82, 2.24) is 10.2 Å². The van der Waals surface area contributed by atoms with Crippen molar-refractivity contribution in [2.75, 3.05) is 32.8 Å². The van der Waals surface area contributed by atoms with E-state index in [1.165, 1.54) is 0 Å². The van der Waals surface area contributed by atoms with Crippen LogP contribution in [0.15, 0.2) is 0 Å². The van der Waals surface area contributed by atoms with Gasteiger partial charge in [0.05, 0.1) is 13.2 Å². The highest BCUT2D eigenvalue weighted by Gasteiger charge is 2.32. The molecule has 0 aliphatic heterocycles. The number of amides is 1. The molecule has 0 fully saturated rings. The molecule has 2 N–H and O–H groups in total. The van der Waals surface area contributed by atoms with Crippen molar-refractivity contribution < 1.29 is 23.1 Å². The van der Waals surface area contributed by atoms with Gasteiger partial charge in [-0.15, -0.1) is 0 Å². The van der Waals surface area contributed by atoms with Gasteiger partial charge < -0.3 is 15.3 Å². The van der Waals surface area contributed by atoms with Gasteiger partial charge in [-0.05, 0) is 6.54 Å². The number of nitrogens with zero attached hydrogens (tertiary/aromatic N) is 1. The van der Waals surface area contributed by atoms with Gasteiger partial charge in [-0.3, -0.25) is 4.79 Å². The number of hydrogen-bond acceptors (Lipinski definition) is 3. The predicted molar refractivity (Wildman–Crippen MR) is 48.3 cm³/mol. The molecular weight excluding hydrogens is 213 g/mol. The Morgan fingerprint density at radius 1 is 1.47 bits per heavy atom. The fourth-order valence-electron chi connectivity index (χ4n) is 0.973. The third kappa shape index (κ3) is 7.15. The summed E-state index contributed by atoms with van der Waals surface area (Å²) in [6.07, 6.45) is -4.43. The van der Waals surface area contributed by atoms with E-state index >= 15 is 0 Å². The summed E-state index contributed by atoms with van der Waals surface area (Å²) in [5.74, 6) is -0.664. The molecule has 0 saturated heterocycles. The van der Waals surface area contributed by atoms with Gasteiger partial charge in [-0.2, -0.15) is 13.2 Å². The van der Waals surface area contributed by atoms with Gasteiger partial charge in [0.2, 0.25) is 5.91 Å².